The van der Waals surface area contributed by atoms with Crippen LogP contribution < -0.4 is 0 Å². The fraction of sp³-hybridized carbons (Fsp3) is 0.833. The maximum Gasteiger partial charge on any atom is 0.306 e. The summed E-state index contributed by atoms with van der Waals surface area (Å²) in [6, 6.07) is 0. The predicted octanol–water partition coefficient (Wildman–Crippen LogP) is 1.12. The monoisotopic (exact) mass is 114 g/mol. The fourth-order valence-corrected chi connectivity index (χ4v) is 1.03. The number of rotatable bonds is 1. The van der Waals surface area contributed by atoms with E-state index in [4.69, 9.17) is 5.11 Å². The van der Waals surface area contributed by atoms with Gasteiger partial charge in [0.25, 0.3) is 0 Å². The van der Waals surface area contributed by atoms with E-state index in [1.807, 2.05) is 6.92 Å². The highest BCUT2D eigenvalue weighted by molar-refractivity contribution is 5.71. The van der Waals surface area contributed by atoms with Crippen LogP contribution in [-0.2, 0) is 4.79 Å². The summed E-state index contributed by atoms with van der Waals surface area (Å²) in [5, 5.41) is 8.40. The van der Waals surface area contributed by atoms with Crippen LogP contribution >= 0.6 is 0 Å². The van der Waals surface area contributed by atoms with E-state index >= 15 is 0 Å². The molecule has 0 unspecified atom stereocenters. The van der Waals surface area contributed by atoms with Gasteiger partial charge in [0.1, 0.15) is 0 Å². The summed E-state index contributed by atoms with van der Waals surface area (Å²) in [5.41, 5.74) is 0. The molecule has 2 nitrogen and oxygen atoms in total. The molecule has 1 N–H and O–H groups in total. The molecule has 0 aliphatic heterocycles. The van der Waals surface area contributed by atoms with Crippen LogP contribution in [0.1, 0.15) is 19.8 Å². The Labute approximate surface area is 48.5 Å². The molecule has 0 aromatic carbocycles. The van der Waals surface area contributed by atoms with Crippen LogP contribution in [0.5, 0.6) is 0 Å². The zero-order valence-corrected chi connectivity index (χ0v) is 4.92. The Hall–Kier alpha value is -0.530. The van der Waals surface area contributed by atoms with E-state index in [-0.39, 0.29) is 5.92 Å². The van der Waals surface area contributed by atoms with E-state index in [1.54, 1.807) is 0 Å². The molecular weight excluding hydrogens is 104 g/mol. The number of carbonyl (C=O) groups is 1. The normalized spacial score (nSPS) is 36.1. The van der Waals surface area contributed by atoms with Gasteiger partial charge in [0.2, 0.25) is 0 Å². The van der Waals surface area contributed by atoms with Crippen molar-refractivity contribution in [3.63, 3.8) is 0 Å². The molecule has 1 aliphatic carbocycles. The molecule has 0 bridgehead atoms. The lowest BCUT2D eigenvalue weighted by atomic mass is 9.75. The van der Waals surface area contributed by atoms with Crippen molar-refractivity contribution < 1.29 is 9.90 Å². The molecule has 2 atom stereocenters. The van der Waals surface area contributed by atoms with Crippen molar-refractivity contribution in [3.8, 4) is 0 Å². The maximum absolute atomic E-state index is 10.2. The van der Waals surface area contributed by atoms with E-state index in [2.05, 4.69) is 0 Å². The number of hydrogen-bond acceptors (Lipinski definition) is 1. The van der Waals surface area contributed by atoms with Crippen molar-refractivity contribution in [1.29, 1.82) is 0 Å². The number of carboxylic acid groups (broad SMARTS) is 1. The minimum Gasteiger partial charge on any atom is -0.481 e. The molecule has 1 rings (SSSR count). The first-order valence-electron chi connectivity index (χ1n) is 2.94. The molecule has 0 aromatic rings. The van der Waals surface area contributed by atoms with Crippen molar-refractivity contribution >= 4 is 5.97 Å². The summed E-state index contributed by atoms with van der Waals surface area (Å²) in [7, 11) is 0. The third-order valence-corrected chi connectivity index (χ3v) is 1.94. The zero-order chi connectivity index (χ0) is 6.15. The highest BCUT2D eigenvalue weighted by atomic mass is 16.4. The second-order valence-corrected chi connectivity index (χ2v) is 2.50. The molecule has 1 aliphatic rings. The molecule has 1 fully saturated rings. The maximum atomic E-state index is 10.2. The molecule has 0 aromatic heterocycles. The first-order chi connectivity index (χ1) is 3.72. The molecule has 0 radical (unpaired) electrons. The lowest BCUT2D eigenvalue weighted by Gasteiger charge is -2.29. The van der Waals surface area contributed by atoms with Crippen LogP contribution in [0.15, 0.2) is 0 Å². The average molecular weight is 114 g/mol. The predicted molar refractivity (Wildman–Crippen MR) is 29.5 cm³/mol. The molecule has 8 heavy (non-hydrogen) atoms. The van der Waals surface area contributed by atoms with E-state index in [0.717, 1.165) is 12.8 Å². The molecule has 0 heterocycles. The highest BCUT2D eigenvalue weighted by Crippen LogP contribution is 2.33. The Morgan fingerprint density at radius 3 is 2.25 bits per heavy atom. The third kappa shape index (κ3) is 0.703. The van der Waals surface area contributed by atoms with Gasteiger partial charge in [-0.15, -0.1) is 0 Å². The van der Waals surface area contributed by atoms with Crippen LogP contribution in [0, 0.1) is 11.8 Å². The minimum absolute atomic E-state index is 0.0324. The number of carboxylic acids is 1. The van der Waals surface area contributed by atoms with E-state index in [9.17, 15) is 4.79 Å². The minimum atomic E-state index is -0.622. The summed E-state index contributed by atoms with van der Waals surface area (Å²) < 4.78 is 0. The Kier molecular flexibility index (Phi) is 1.24. The highest BCUT2D eigenvalue weighted by Gasteiger charge is 2.32. The van der Waals surface area contributed by atoms with Crippen LogP contribution in [0.25, 0.3) is 0 Å². The SMILES string of the molecule is C[C@@H]1CC[C@H]1C(=O)O. The average Bonchev–Trinajstić information content (AvgIpc) is 1.61. The van der Waals surface area contributed by atoms with Crippen molar-refractivity contribution in [1.82, 2.24) is 0 Å². The second kappa shape index (κ2) is 1.77. The smallest absolute Gasteiger partial charge is 0.306 e. The summed E-state index contributed by atoms with van der Waals surface area (Å²) in [5.74, 6) is -0.230. The van der Waals surface area contributed by atoms with Crippen LogP contribution in [-0.4, -0.2) is 11.1 Å². The third-order valence-electron chi connectivity index (χ3n) is 1.94. The van der Waals surface area contributed by atoms with Crippen molar-refractivity contribution in [3.05, 3.63) is 0 Å². The Balaban J connectivity index is 2.37. The molecule has 1 saturated carbocycles. The van der Waals surface area contributed by atoms with E-state index in [1.165, 1.54) is 0 Å². The largest absolute Gasteiger partial charge is 0.481 e. The molecule has 0 saturated heterocycles. The molecular formula is C6H10O2. The lowest BCUT2D eigenvalue weighted by Crippen LogP contribution is -2.30. The van der Waals surface area contributed by atoms with Crippen molar-refractivity contribution in [2.75, 3.05) is 0 Å². The first kappa shape index (κ1) is 5.60. The summed E-state index contributed by atoms with van der Waals surface area (Å²) >= 11 is 0. The molecule has 0 amide bonds. The summed E-state index contributed by atoms with van der Waals surface area (Å²) in [4.78, 5) is 10.2. The van der Waals surface area contributed by atoms with Gasteiger partial charge in [-0.05, 0) is 18.8 Å². The summed E-state index contributed by atoms with van der Waals surface area (Å²) in [6.07, 6.45) is 1.98. The van der Waals surface area contributed by atoms with Gasteiger partial charge >= 0.3 is 5.97 Å². The topological polar surface area (TPSA) is 37.3 Å². The standard InChI is InChI=1S/C6H10O2/c1-4-2-3-5(4)6(7)8/h4-5H,2-3H2,1H3,(H,7,8)/t4-,5-/m1/s1. The quantitative estimate of drug-likeness (QED) is 0.554. The van der Waals surface area contributed by atoms with E-state index < -0.39 is 5.97 Å². The molecule has 2 heteroatoms. The van der Waals surface area contributed by atoms with Crippen LogP contribution in [0.2, 0.25) is 0 Å². The van der Waals surface area contributed by atoms with Gasteiger partial charge in [-0.1, -0.05) is 6.92 Å². The Bertz CT molecular complexity index is 109. The number of aliphatic carboxylic acids is 1. The second-order valence-electron chi connectivity index (χ2n) is 2.50. The van der Waals surface area contributed by atoms with Gasteiger partial charge in [0, 0.05) is 0 Å². The Morgan fingerprint density at radius 1 is 1.62 bits per heavy atom. The van der Waals surface area contributed by atoms with Gasteiger partial charge in [0.15, 0.2) is 0 Å². The molecule has 46 valence electrons. The first-order valence-corrected chi connectivity index (χ1v) is 2.94. The zero-order valence-electron chi connectivity index (χ0n) is 4.92. The van der Waals surface area contributed by atoms with Crippen molar-refractivity contribution in [2.24, 2.45) is 11.8 Å². The molecule has 0 spiro atoms. The van der Waals surface area contributed by atoms with Crippen LogP contribution in [0.4, 0.5) is 0 Å². The van der Waals surface area contributed by atoms with Gasteiger partial charge in [-0.25, -0.2) is 0 Å². The van der Waals surface area contributed by atoms with Gasteiger partial charge in [-0.2, -0.15) is 0 Å². The number of hydrogen-bond donors (Lipinski definition) is 1. The van der Waals surface area contributed by atoms with Gasteiger partial charge < -0.3 is 5.11 Å². The fourth-order valence-electron chi connectivity index (χ4n) is 1.03. The van der Waals surface area contributed by atoms with Gasteiger partial charge in [0.05, 0.1) is 5.92 Å². The van der Waals surface area contributed by atoms with E-state index in [0.29, 0.717) is 5.92 Å². The van der Waals surface area contributed by atoms with Crippen molar-refractivity contribution in [2.45, 2.75) is 19.8 Å². The van der Waals surface area contributed by atoms with Crippen LogP contribution in [0.3, 0.4) is 0 Å². The summed E-state index contributed by atoms with van der Waals surface area (Å²) in [6.45, 7) is 1.99. The lowest BCUT2D eigenvalue weighted by molar-refractivity contribution is -0.147. The van der Waals surface area contributed by atoms with Gasteiger partial charge in [-0.3, -0.25) is 4.79 Å². The Morgan fingerprint density at radius 2 is 2.25 bits per heavy atom.